The second-order valence-electron chi connectivity index (χ2n) is 5.94. The molecule has 0 unspecified atom stereocenters. The molecule has 0 amide bonds. The van der Waals surface area contributed by atoms with Crippen molar-refractivity contribution < 1.29 is 0 Å². The van der Waals surface area contributed by atoms with Crippen molar-refractivity contribution in [1.29, 1.82) is 0 Å². The molecule has 4 rings (SSSR count). The molecule has 0 saturated heterocycles. The molecule has 0 fully saturated rings. The zero-order valence-electron chi connectivity index (χ0n) is 13.9. The standard InChI is InChI=1S/C19H20N6/c1-2-6-17(16(5-1)15-25-13-4-8-23-25)19-22-11-14-24(19)12-3-7-18-20-9-10-21-18/h1-2,4-6,8-11,13-14H,3,7,12,15H2,(H,20,21). The first kappa shape index (κ1) is 15.4. The van der Waals surface area contributed by atoms with Crippen molar-refractivity contribution in [3.63, 3.8) is 0 Å². The molecular formula is C19H20N6. The van der Waals surface area contributed by atoms with Crippen molar-refractivity contribution in [2.75, 3.05) is 0 Å². The largest absolute Gasteiger partial charge is 0.349 e. The minimum Gasteiger partial charge on any atom is -0.349 e. The number of imidazole rings is 2. The van der Waals surface area contributed by atoms with Crippen molar-refractivity contribution in [3.05, 3.63) is 78.9 Å². The Bertz CT molecular complexity index is 905. The number of aryl methyl sites for hydroxylation is 2. The fraction of sp³-hybridized carbons (Fsp3) is 0.211. The normalized spacial score (nSPS) is 11.0. The zero-order chi connectivity index (χ0) is 16.9. The van der Waals surface area contributed by atoms with Crippen LogP contribution in [0.4, 0.5) is 0 Å². The van der Waals surface area contributed by atoms with E-state index in [-0.39, 0.29) is 0 Å². The molecule has 0 atom stereocenters. The van der Waals surface area contributed by atoms with E-state index in [1.165, 1.54) is 5.56 Å². The van der Waals surface area contributed by atoms with E-state index in [2.05, 4.69) is 48.9 Å². The smallest absolute Gasteiger partial charge is 0.140 e. The number of benzene rings is 1. The lowest BCUT2D eigenvalue weighted by Crippen LogP contribution is -2.06. The van der Waals surface area contributed by atoms with Crippen LogP contribution in [0.1, 0.15) is 17.8 Å². The first-order valence-electron chi connectivity index (χ1n) is 8.45. The Morgan fingerprint density at radius 3 is 2.76 bits per heavy atom. The summed E-state index contributed by atoms with van der Waals surface area (Å²) in [5, 5.41) is 4.31. The molecular weight excluding hydrogens is 312 g/mol. The Labute approximate surface area is 146 Å². The molecule has 6 nitrogen and oxygen atoms in total. The van der Waals surface area contributed by atoms with Gasteiger partial charge < -0.3 is 9.55 Å². The van der Waals surface area contributed by atoms with Gasteiger partial charge in [0.2, 0.25) is 0 Å². The molecule has 1 N–H and O–H groups in total. The number of hydrogen-bond acceptors (Lipinski definition) is 3. The number of hydrogen-bond donors (Lipinski definition) is 1. The van der Waals surface area contributed by atoms with Crippen molar-refractivity contribution in [1.82, 2.24) is 29.3 Å². The van der Waals surface area contributed by atoms with Crippen molar-refractivity contribution in [2.45, 2.75) is 25.9 Å². The van der Waals surface area contributed by atoms with E-state index in [9.17, 15) is 0 Å². The van der Waals surface area contributed by atoms with E-state index in [0.717, 1.165) is 43.1 Å². The number of nitrogens with zero attached hydrogens (tertiary/aromatic N) is 5. The summed E-state index contributed by atoms with van der Waals surface area (Å²) in [5.41, 5.74) is 2.37. The van der Waals surface area contributed by atoms with Crippen LogP contribution < -0.4 is 0 Å². The second kappa shape index (κ2) is 7.17. The van der Waals surface area contributed by atoms with Crippen LogP contribution in [0.3, 0.4) is 0 Å². The highest BCUT2D eigenvalue weighted by atomic mass is 15.3. The van der Waals surface area contributed by atoms with Crippen LogP contribution >= 0.6 is 0 Å². The summed E-state index contributed by atoms with van der Waals surface area (Å²) in [6.45, 7) is 1.65. The lowest BCUT2D eigenvalue weighted by molar-refractivity contribution is 0.635. The number of rotatable bonds is 7. The molecule has 3 aromatic heterocycles. The summed E-state index contributed by atoms with van der Waals surface area (Å²) in [6, 6.07) is 10.3. The van der Waals surface area contributed by atoms with Crippen LogP contribution in [0.5, 0.6) is 0 Å². The fourth-order valence-corrected chi connectivity index (χ4v) is 3.03. The molecule has 0 aliphatic heterocycles. The van der Waals surface area contributed by atoms with Crippen molar-refractivity contribution in [3.8, 4) is 11.4 Å². The average Bonchev–Trinajstić information content (AvgIpc) is 3.38. The van der Waals surface area contributed by atoms with Crippen LogP contribution in [0.25, 0.3) is 11.4 Å². The Hall–Kier alpha value is -3.15. The lowest BCUT2D eigenvalue weighted by atomic mass is 10.1. The summed E-state index contributed by atoms with van der Waals surface area (Å²) in [4.78, 5) is 12.0. The van der Waals surface area contributed by atoms with E-state index in [4.69, 9.17) is 0 Å². The summed E-state index contributed by atoms with van der Waals surface area (Å²) < 4.78 is 4.15. The molecule has 0 aliphatic carbocycles. The number of H-pyrrole nitrogens is 1. The molecule has 0 radical (unpaired) electrons. The highest BCUT2D eigenvalue weighted by Crippen LogP contribution is 2.23. The maximum absolute atomic E-state index is 4.60. The van der Waals surface area contributed by atoms with Gasteiger partial charge in [-0.25, -0.2) is 9.97 Å². The zero-order valence-corrected chi connectivity index (χ0v) is 13.9. The Kier molecular flexibility index (Phi) is 4.41. The van der Waals surface area contributed by atoms with Gasteiger partial charge in [-0.05, 0) is 18.1 Å². The molecule has 126 valence electrons. The van der Waals surface area contributed by atoms with Gasteiger partial charge in [-0.3, -0.25) is 4.68 Å². The predicted molar refractivity (Wildman–Crippen MR) is 95.9 cm³/mol. The van der Waals surface area contributed by atoms with Crippen molar-refractivity contribution >= 4 is 0 Å². The molecule has 0 aliphatic rings. The van der Waals surface area contributed by atoms with Crippen LogP contribution in [-0.4, -0.2) is 29.3 Å². The highest BCUT2D eigenvalue weighted by Gasteiger charge is 2.11. The molecule has 0 bridgehead atoms. The molecule has 0 spiro atoms. The topological polar surface area (TPSA) is 64.3 Å². The van der Waals surface area contributed by atoms with Crippen molar-refractivity contribution in [2.24, 2.45) is 0 Å². The molecule has 0 saturated carbocycles. The molecule has 4 aromatic rings. The van der Waals surface area contributed by atoms with E-state index in [0.29, 0.717) is 0 Å². The molecule has 3 heterocycles. The summed E-state index contributed by atoms with van der Waals surface area (Å²) >= 11 is 0. The Morgan fingerprint density at radius 2 is 1.92 bits per heavy atom. The van der Waals surface area contributed by atoms with Crippen LogP contribution in [0, 0.1) is 0 Å². The third-order valence-corrected chi connectivity index (χ3v) is 4.23. The molecule has 25 heavy (non-hydrogen) atoms. The van der Waals surface area contributed by atoms with Gasteiger partial charge in [-0.15, -0.1) is 0 Å². The monoisotopic (exact) mass is 332 g/mol. The highest BCUT2D eigenvalue weighted by molar-refractivity contribution is 5.60. The summed E-state index contributed by atoms with van der Waals surface area (Å²) in [5.74, 6) is 2.03. The SMILES string of the molecule is c1ccc(-c2nccn2CCCc2ncc[nH]2)c(Cn2cccn2)c1. The second-order valence-corrected chi connectivity index (χ2v) is 5.94. The fourth-order valence-electron chi connectivity index (χ4n) is 3.03. The van der Waals surface area contributed by atoms with Gasteiger partial charge in [0.05, 0.1) is 6.54 Å². The summed E-state index contributed by atoms with van der Waals surface area (Å²) in [7, 11) is 0. The molecule has 1 aromatic carbocycles. The van der Waals surface area contributed by atoms with Gasteiger partial charge in [-0.1, -0.05) is 24.3 Å². The lowest BCUT2D eigenvalue weighted by Gasteiger charge is -2.12. The van der Waals surface area contributed by atoms with Gasteiger partial charge in [-0.2, -0.15) is 5.10 Å². The third-order valence-electron chi connectivity index (χ3n) is 4.23. The number of aromatic nitrogens is 6. The Morgan fingerprint density at radius 1 is 0.960 bits per heavy atom. The minimum absolute atomic E-state index is 0.739. The van der Waals surface area contributed by atoms with Gasteiger partial charge in [0.1, 0.15) is 11.6 Å². The van der Waals surface area contributed by atoms with Crippen LogP contribution in [-0.2, 0) is 19.5 Å². The third kappa shape index (κ3) is 3.52. The first-order valence-corrected chi connectivity index (χ1v) is 8.45. The van der Waals surface area contributed by atoms with Crippen LogP contribution in [0.2, 0.25) is 0 Å². The van der Waals surface area contributed by atoms with E-state index >= 15 is 0 Å². The predicted octanol–water partition coefficient (Wildman–Crippen LogP) is 3.15. The quantitative estimate of drug-likeness (QED) is 0.565. The first-order chi connectivity index (χ1) is 12.4. The summed E-state index contributed by atoms with van der Waals surface area (Å²) in [6.07, 6.45) is 13.3. The van der Waals surface area contributed by atoms with Gasteiger partial charge in [0, 0.05) is 55.7 Å². The number of nitrogens with one attached hydrogen (secondary N) is 1. The maximum Gasteiger partial charge on any atom is 0.140 e. The van der Waals surface area contributed by atoms with Crippen LogP contribution in [0.15, 0.2) is 67.5 Å². The maximum atomic E-state index is 4.60. The van der Waals surface area contributed by atoms with E-state index in [1.54, 1.807) is 12.4 Å². The number of aromatic amines is 1. The average molecular weight is 332 g/mol. The van der Waals surface area contributed by atoms with Gasteiger partial charge >= 0.3 is 0 Å². The van der Waals surface area contributed by atoms with E-state index in [1.807, 2.05) is 35.5 Å². The molecule has 6 heteroatoms. The van der Waals surface area contributed by atoms with Gasteiger partial charge in [0.25, 0.3) is 0 Å². The Balaban J connectivity index is 1.53. The van der Waals surface area contributed by atoms with E-state index < -0.39 is 0 Å². The minimum atomic E-state index is 0.739. The van der Waals surface area contributed by atoms with Gasteiger partial charge in [0.15, 0.2) is 0 Å².